The van der Waals surface area contributed by atoms with Crippen LogP contribution in [0.5, 0.6) is 11.5 Å². The average molecular weight is 410 g/mol. The van der Waals surface area contributed by atoms with Gasteiger partial charge in [-0.1, -0.05) is 39.2 Å². The van der Waals surface area contributed by atoms with Crippen LogP contribution in [-0.4, -0.2) is 54.3 Å². The molecular weight excluding hydrogens is 373 g/mol. The Morgan fingerprint density at radius 2 is 1.97 bits per heavy atom. The summed E-state index contributed by atoms with van der Waals surface area (Å²) in [7, 11) is 0. The minimum atomic E-state index is -1.26. The van der Waals surface area contributed by atoms with Crippen LogP contribution in [0.2, 0.25) is 0 Å². The lowest BCUT2D eigenvalue weighted by Gasteiger charge is -2.38. The van der Waals surface area contributed by atoms with Gasteiger partial charge in [-0.3, -0.25) is 0 Å². The number of unbranched alkanes of at least 4 members (excludes halogenated alkanes) is 1. The first kappa shape index (κ1) is 22.3. The first-order valence-electron chi connectivity index (χ1n) is 11.2. The van der Waals surface area contributed by atoms with E-state index in [0.29, 0.717) is 43.6 Å². The molecule has 1 aromatic rings. The SMILES string of the molecule is CCCCC(CC)COc1ccc2c(c1F)OCC21CCN(CCC(O)O)CC1. The lowest BCUT2D eigenvalue weighted by atomic mass is 9.74. The molecule has 0 saturated carbocycles. The Morgan fingerprint density at radius 3 is 2.62 bits per heavy atom. The second-order valence-corrected chi connectivity index (χ2v) is 8.66. The van der Waals surface area contributed by atoms with E-state index in [1.165, 1.54) is 6.42 Å². The van der Waals surface area contributed by atoms with Crippen molar-refractivity contribution in [2.45, 2.75) is 70.5 Å². The van der Waals surface area contributed by atoms with Gasteiger partial charge in [0.15, 0.2) is 17.8 Å². The highest BCUT2D eigenvalue weighted by atomic mass is 19.1. The van der Waals surface area contributed by atoms with E-state index in [9.17, 15) is 0 Å². The van der Waals surface area contributed by atoms with E-state index in [2.05, 4.69) is 18.7 Å². The molecule has 0 aliphatic carbocycles. The van der Waals surface area contributed by atoms with E-state index in [-0.39, 0.29) is 11.2 Å². The minimum Gasteiger partial charge on any atom is -0.490 e. The quantitative estimate of drug-likeness (QED) is 0.575. The van der Waals surface area contributed by atoms with Crippen LogP contribution in [0.1, 0.15) is 64.4 Å². The normalized spacial score (nSPS) is 19.4. The maximum absolute atomic E-state index is 15.1. The molecular formula is C23H36FNO4. The Labute approximate surface area is 173 Å². The van der Waals surface area contributed by atoms with Crippen molar-refractivity contribution in [1.29, 1.82) is 0 Å². The molecule has 2 N–H and O–H groups in total. The summed E-state index contributed by atoms with van der Waals surface area (Å²) < 4.78 is 26.8. The van der Waals surface area contributed by atoms with Crippen LogP contribution in [-0.2, 0) is 5.41 Å². The van der Waals surface area contributed by atoms with Gasteiger partial charge in [-0.25, -0.2) is 0 Å². The van der Waals surface area contributed by atoms with Crippen molar-refractivity contribution in [2.24, 2.45) is 5.92 Å². The highest BCUT2D eigenvalue weighted by Crippen LogP contribution is 2.48. The van der Waals surface area contributed by atoms with Gasteiger partial charge in [-0.05, 0) is 44.3 Å². The molecule has 0 radical (unpaired) electrons. The summed E-state index contributed by atoms with van der Waals surface area (Å²) in [5.74, 6) is 0.751. The molecule has 1 aromatic carbocycles. The molecule has 1 fully saturated rings. The number of piperidine rings is 1. The molecule has 164 valence electrons. The fourth-order valence-electron chi connectivity index (χ4n) is 4.52. The van der Waals surface area contributed by atoms with Crippen LogP contribution < -0.4 is 9.47 Å². The summed E-state index contributed by atoms with van der Waals surface area (Å²) >= 11 is 0. The largest absolute Gasteiger partial charge is 0.490 e. The van der Waals surface area contributed by atoms with E-state index in [1.54, 1.807) is 6.07 Å². The average Bonchev–Trinajstić information content (AvgIpc) is 3.08. The number of nitrogens with zero attached hydrogens (tertiary/aromatic N) is 1. The summed E-state index contributed by atoms with van der Waals surface area (Å²) in [6.07, 6.45) is 5.35. The van der Waals surface area contributed by atoms with E-state index in [4.69, 9.17) is 19.7 Å². The third-order valence-corrected chi connectivity index (χ3v) is 6.66. The standard InChI is InChI=1S/C23H36FNO4/c1-3-5-6-17(4-2)15-28-19-8-7-18-22(21(19)24)29-16-23(18)10-13-25(14-11-23)12-9-20(26)27/h7-8,17,20,26-27H,3-6,9-16H2,1-2H3. The van der Waals surface area contributed by atoms with Crippen LogP contribution in [0.4, 0.5) is 4.39 Å². The first-order chi connectivity index (χ1) is 14.0. The van der Waals surface area contributed by atoms with Gasteiger partial charge >= 0.3 is 0 Å². The molecule has 0 bridgehead atoms. The van der Waals surface area contributed by atoms with Crippen LogP contribution in [0, 0.1) is 11.7 Å². The molecule has 0 aromatic heterocycles. The van der Waals surface area contributed by atoms with Crippen molar-refractivity contribution < 1.29 is 24.1 Å². The summed E-state index contributed by atoms with van der Waals surface area (Å²) in [5, 5.41) is 18.1. The Morgan fingerprint density at radius 1 is 1.21 bits per heavy atom. The van der Waals surface area contributed by atoms with E-state index in [1.807, 2.05) is 6.07 Å². The number of ether oxygens (including phenoxy) is 2. The fourth-order valence-corrected chi connectivity index (χ4v) is 4.52. The van der Waals surface area contributed by atoms with E-state index >= 15 is 4.39 Å². The summed E-state index contributed by atoms with van der Waals surface area (Å²) in [6, 6.07) is 3.76. The van der Waals surface area contributed by atoms with Crippen LogP contribution in [0.15, 0.2) is 12.1 Å². The van der Waals surface area contributed by atoms with Crippen molar-refractivity contribution in [1.82, 2.24) is 4.90 Å². The summed E-state index contributed by atoms with van der Waals surface area (Å²) in [4.78, 5) is 2.23. The number of hydrogen-bond acceptors (Lipinski definition) is 5. The molecule has 1 saturated heterocycles. The van der Waals surface area contributed by atoms with Crippen LogP contribution in [0.25, 0.3) is 0 Å². The zero-order valence-electron chi connectivity index (χ0n) is 17.8. The van der Waals surface area contributed by atoms with Crippen molar-refractivity contribution in [2.75, 3.05) is 32.8 Å². The van der Waals surface area contributed by atoms with E-state index < -0.39 is 6.29 Å². The van der Waals surface area contributed by atoms with Gasteiger partial charge in [-0.15, -0.1) is 0 Å². The monoisotopic (exact) mass is 409 g/mol. The van der Waals surface area contributed by atoms with Crippen LogP contribution >= 0.6 is 0 Å². The highest BCUT2D eigenvalue weighted by Gasteiger charge is 2.44. The maximum atomic E-state index is 15.1. The number of aliphatic hydroxyl groups excluding tert-OH is 1. The van der Waals surface area contributed by atoms with E-state index in [0.717, 1.165) is 50.8 Å². The van der Waals surface area contributed by atoms with Gasteiger partial charge in [-0.2, -0.15) is 4.39 Å². The third-order valence-electron chi connectivity index (χ3n) is 6.66. The van der Waals surface area contributed by atoms with Crippen molar-refractivity contribution in [3.05, 3.63) is 23.5 Å². The molecule has 1 atom stereocenters. The van der Waals surface area contributed by atoms with Gasteiger partial charge in [0.25, 0.3) is 0 Å². The predicted octanol–water partition coefficient (Wildman–Crippen LogP) is 3.85. The lowest BCUT2D eigenvalue weighted by molar-refractivity contribution is -0.0520. The van der Waals surface area contributed by atoms with Crippen molar-refractivity contribution >= 4 is 0 Å². The zero-order chi connectivity index (χ0) is 20.9. The molecule has 1 spiro atoms. The third kappa shape index (κ3) is 5.22. The Kier molecular flexibility index (Phi) is 7.77. The molecule has 2 aliphatic heterocycles. The molecule has 3 rings (SSSR count). The molecule has 5 nitrogen and oxygen atoms in total. The molecule has 1 unspecified atom stereocenters. The molecule has 29 heavy (non-hydrogen) atoms. The Balaban J connectivity index is 1.63. The molecule has 2 heterocycles. The fraction of sp³-hybridized carbons (Fsp3) is 0.739. The predicted molar refractivity (Wildman–Crippen MR) is 111 cm³/mol. The number of likely N-dealkylation sites (tertiary alicyclic amines) is 1. The number of benzene rings is 1. The Hall–Kier alpha value is -1.37. The maximum Gasteiger partial charge on any atom is 0.207 e. The summed E-state index contributed by atoms with van der Waals surface area (Å²) in [6.45, 7) is 7.76. The number of halogens is 1. The van der Waals surface area contributed by atoms with Crippen molar-refractivity contribution in [3.63, 3.8) is 0 Å². The highest BCUT2D eigenvalue weighted by molar-refractivity contribution is 5.50. The zero-order valence-corrected chi connectivity index (χ0v) is 17.8. The first-order valence-corrected chi connectivity index (χ1v) is 11.2. The number of hydrogen-bond donors (Lipinski definition) is 2. The minimum absolute atomic E-state index is 0.143. The van der Waals surface area contributed by atoms with Gasteiger partial charge in [0.1, 0.15) is 0 Å². The van der Waals surface area contributed by atoms with Gasteiger partial charge in [0.2, 0.25) is 5.82 Å². The summed E-state index contributed by atoms with van der Waals surface area (Å²) in [5.41, 5.74) is 0.818. The topological polar surface area (TPSA) is 62.2 Å². The Bertz CT molecular complexity index is 659. The molecule has 6 heteroatoms. The number of aliphatic hydroxyl groups is 2. The van der Waals surface area contributed by atoms with Crippen molar-refractivity contribution in [3.8, 4) is 11.5 Å². The number of rotatable bonds is 10. The second kappa shape index (κ2) is 10.1. The van der Waals surface area contributed by atoms with Gasteiger partial charge in [0.05, 0.1) is 13.2 Å². The molecule has 0 amide bonds. The van der Waals surface area contributed by atoms with Crippen LogP contribution in [0.3, 0.4) is 0 Å². The van der Waals surface area contributed by atoms with Gasteiger partial charge in [0, 0.05) is 23.9 Å². The van der Waals surface area contributed by atoms with Gasteiger partial charge < -0.3 is 24.6 Å². The number of fused-ring (bicyclic) bond motifs is 2. The molecule has 2 aliphatic rings. The smallest absolute Gasteiger partial charge is 0.207 e. The lowest BCUT2D eigenvalue weighted by Crippen LogP contribution is -2.44. The second-order valence-electron chi connectivity index (χ2n) is 8.66.